The smallest absolute Gasteiger partial charge is 0.137 e. The second-order valence-electron chi connectivity index (χ2n) is 5.06. The fourth-order valence-electron chi connectivity index (χ4n) is 2.42. The van der Waals surface area contributed by atoms with E-state index >= 15 is 0 Å². The van der Waals surface area contributed by atoms with Gasteiger partial charge < -0.3 is 14.9 Å². The lowest BCUT2D eigenvalue weighted by Crippen LogP contribution is -2.02. The number of pyridine rings is 1. The van der Waals surface area contributed by atoms with Gasteiger partial charge in [-0.25, -0.2) is 4.98 Å². The lowest BCUT2D eigenvalue weighted by Gasteiger charge is -2.06. The zero-order valence-corrected chi connectivity index (χ0v) is 13.2. The fourth-order valence-corrected chi connectivity index (χ4v) is 2.58. The van der Waals surface area contributed by atoms with Gasteiger partial charge in [-0.05, 0) is 42.8 Å². The first kappa shape index (κ1) is 14.9. The summed E-state index contributed by atoms with van der Waals surface area (Å²) in [5.74, 6) is 0.867. The first-order valence-electron chi connectivity index (χ1n) is 7.32. The van der Waals surface area contributed by atoms with Crippen LogP contribution in [0.2, 0.25) is 5.02 Å². The molecule has 114 valence electrons. The maximum absolute atomic E-state index is 6.07. The number of fused-ring (bicyclic) bond motifs is 1. The van der Waals surface area contributed by atoms with Crippen LogP contribution in [0.5, 0.6) is 5.75 Å². The summed E-state index contributed by atoms with van der Waals surface area (Å²) < 4.78 is 7.55. The topological polar surface area (TPSA) is 52.5 Å². The normalized spacial score (nSPS) is 11.0. The quantitative estimate of drug-likeness (QED) is 0.777. The molecule has 1 aromatic carbocycles. The van der Waals surface area contributed by atoms with Crippen molar-refractivity contribution in [2.24, 2.45) is 5.73 Å². The lowest BCUT2D eigenvalue weighted by atomic mass is 10.1. The summed E-state index contributed by atoms with van der Waals surface area (Å²) in [7, 11) is 0. The van der Waals surface area contributed by atoms with Crippen molar-refractivity contribution in [2.75, 3.05) is 6.61 Å². The van der Waals surface area contributed by atoms with Gasteiger partial charge in [0.2, 0.25) is 0 Å². The Labute approximate surface area is 134 Å². The molecular formula is C17H18ClN3O. The van der Waals surface area contributed by atoms with Gasteiger partial charge in [0.1, 0.15) is 11.4 Å². The Morgan fingerprint density at radius 1 is 1.18 bits per heavy atom. The van der Waals surface area contributed by atoms with E-state index in [4.69, 9.17) is 22.1 Å². The van der Waals surface area contributed by atoms with Crippen LogP contribution in [0.4, 0.5) is 0 Å². The number of halogens is 1. The van der Waals surface area contributed by atoms with Gasteiger partial charge in [-0.2, -0.15) is 0 Å². The Morgan fingerprint density at radius 2 is 1.95 bits per heavy atom. The predicted molar refractivity (Wildman–Crippen MR) is 89.3 cm³/mol. The molecule has 0 saturated heterocycles. The second kappa shape index (κ2) is 6.38. The molecule has 3 aromatic rings. The third-order valence-corrected chi connectivity index (χ3v) is 3.70. The number of imidazole rings is 1. The zero-order chi connectivity index (χ0) is 15.5. The molecule has 22 heavy (non-hydrogen) atoms. The number of ether oxygens (including phenoxy) is 1. The van der Waals surface area contributed by atoms with Gasteiger partial charge in [0.05, 0.1) is 23.0 Å². The summed E-state index contributed by atoms with van der Waals surface area (Å²) in [6.45, 7) is 3.20. The Morgan fingerprint density at radius 3 is 2.64 bits per heavy atom. The van der Waals surface area contributed by atoms with Crippen LogP contribution in [0, 0.1) is 0 Å². The summed E-state index contributed by atoms with van der Waals surface area (Å²) in [6, 6.07) is 11.7. The van der Waals surface area contributed by atoms with Gasteiger partial charge in [-0.15, -0.1) is 0 Å². The van der Waals surface area contributed by atoms with Crippen LogP contribution >= 0.6 is 11.6 Å². The zero-order valence-electron chi connectivity index (χ0n) is 12.4. The molecule has 4 nitrogen and oxygen atoms in total. The highest BCUT2D eigenvalue weighted by Gasteiger charge is 2.13. The van der Waals surface area contributed by atoms with Crippen molar-refractivity contribution in [2.45, 2.75) is 19.9 Å². The largest absolute Gasteiger partial charge is 0.494 e. The van der Waals surface area contributed by atoms with Gasteiger partial charge in [-0.3, -0.25) is 0 Å². The molecule has 0 radical (unpaired) electrons. The molecule has 3 rings (SSSR count). The number of benzene rings is 1. The van der Waals surface area contributed by atoms with Gasteiger partial charge in [0, 0.05) is 18.3 Å². The van der Waals surface area contributed by atoms with Gasteiger partial charge >= 0.3 is 0 Å². The third kappa shape index (κ3) is 2.80. The van der Waals surface area contributed by atoms with Crippen LogP contribution in [-0.2, 0) is 6.54 Å². The highest BCUT2D eigenvalue weighted by molar-refractivity contribution is 6.30. The molecule has 0 unspecified atom stereocenters. The maximum atomic E-state index is 6.07. The minimum absolute atomic E-state index is 0.394. The molecule has 0 saturated carbocycles. The Balaban J connectivity index is 2.02. The van der Waals surface area contributed by atoms with E-state index < -0.39 is 0 Å². The minimum atomic E-state index is 0.394. The number of hydrogen-bond acceptors (Lipinski definition) is 3. The highest BCUT2D eigenvalue weighted by Crippen LogP contribution is 2.27. The molecular weight excluding hydrogens is 298 g/mol. The second-order valence-corrected chi connectivity index (χ2v) is 5.50. The van der Waals surface area contributed by atoms with Crippen LogP contribution < -0.4 is 10.5 Å². The van der Waals surface area contributed by atoms with E-state index in [1.807, 2.05) is 47.0 Å². The van der Waals surface area contributed by atoms with E-state index in [0.29, 0.717) is 11.6 Å². The van der Waals surface area contributed by atoms with Crippen molar-refractivity contribution >= 4 is 17.2 Å². The first-order valence-corrected chi connectivity index (χ1v) is 7.70. The van der Waals surface area contributed by atoms with Crippen molar-refractivity contribution in [1.29, 1.82) is 0 Å². The van der Waals surface area contributed by atoms with Gasteiger partial charge in [0.25, 0.3) is 0 Å². The molecule has 0 bridgehead atoms. The maximum Gasteiger partial charge on any atom is 0.137 e. The molecule has 0 spiro atoms. The van der Waals surface area contributed by atoms with Crippen LogP contribution in [0.25, 0.3) is 16.9 Å². The van der Waals surface area contributed by atoms with Crippen LogP contribution in [0.1, 0.15) is 19.0 Å². The Bertz CT molecular complexity index is 780. The van der Waals surface area contributed by atoms with E-state index in [2.05, 4.69) is 11.9 Å². The van der Waals surface area contributed by atoms with Crippen LogP contribution in [-0.4, -0.2) is 16.0 Å². The number of hydrogen-bond donors (Lipinski definition) is 1. The van der Waals surface area contributed by atoms with Crippen molar-refractivity contribution < 1.29 is 4.74 Å². The molecule has 2 N–H and O–H groups in total. The predicted octanol–water partition coefficient (Wildman–Crippen LogP) is 3.90. The molecule has 0 aliphatic carbocycles. The van der Waals surface area contributed by atoms with Crippen LogP contribution in [0.15, 0.2) is 42.6 Å². The summed E-state index contributed by atoms with van der Waals surface area (Å²) in [6.07, 6.45) is 2.83. The number of nitrogens with two attached hydrogens (primary N) is 1. The highest BCUT2D eigenvalue weighted by atomic mass is 35.5. The molecule has 2 heterocycles. The number of aromatic nitrogens is 2. The summed E-state index contributed by atoms with van der Waals surface area (Å²) in [5.41, 5.74) is 9.60. The SMILES string of the molecule is CCCOc1ccc(-c2nc3ccc(Cl)cn3c2CN)cc1. The van der Waals surface area contributed by atoms with E-state index in [0.717, 1.165) is 41.4 Å². The molecule has 0 aliphatic rings. The van der Waals surface area contributed by atoms with Crippen molar-refractivity contribution in [3.8, 4) is 17.0 Å². The fraction of sp³-hybridized carbons (Fsp3) is 0.235. The average Bonchev–Trinajstić information content (AvgIpc) is 2.91. The van der Waals surface area contributed by atoms with Crippen LogP contribution in [0.3, 0.4) is 0 Å². The lowest BCUT2D eigenvalue weighted by molar-refractivity contribution is 0.317. The summed E-state index contributed by atoms with van der Waals surface area (Å²) in [4.78, 5) is 4.67. The van der Waals surface area contributed by atoms with Gasteiger partial charge in [0.15, 0.2) is 0 Å². The molecule has 0 atom stereocenters. The van der Waals surface area contributed by atoms with E-state index in [-0.39, 0.29) is 0 Å². The summed E-state index contributed by atoms with van der Waals surface area (Å²) >= 11 is 6.07. The number of rotatable bonds is 5. The van der Waals surface area contributed by atoms with Crippen molar-refractivity contribution in [1.82, 2.24) is 9.38 Å². The third-order valence-electron chi connectivity index (χ3n) is 3.48. The standard InChI is InChI=1S/C17H18ClN3O/c1-2-9-22-14-6-3-12(4-7-14)17-15(10-19)21-11-13(18)5-8-16(21)20-17/h3-8,11H,2,9-10,19H2,1H3. The van der Waals surface area contributed by atoms with E-state index in [1.165, 1.54) is 0 Å². The minimum Gasteiger partial charge on any atom is -0.494 e. The van der Waals surface area contributed by atoms with E-state index in [9.17, 15) is 0 Å². The molecule has 0 amide bonds. The average molecular weight is 316 g/mol. The van der Waals surface area contributed by atoms with Gasteiger partial charge in [-0.1, -0.05) is 18.5 Å². The first-order chi connectivity index (χ1) is 10.7. The van der Waals surface area contributed by atoms with E-state index in [1.54, 1.807) is 0 Å². The summed E-state index contributed by atoms with van der Waals surface area (Å²) in [5, 5.41) is 0.662. The van der Waals surface area contributed by atoms with Crippen molar-refractivity contribution in [3.05, 3.63) is 53.3 Å². The molecule has 2 aromatic heterocycles. The number of nitrogens with zero attached hydrogens (tertiary/aromatic N) is 2. The Hall–Kier alpha value is -2.04. The molecule has 0 aliphatic heterocycles. The molecule has 5 heteroatoms. The molecule has 0 fully saturated rings. The Kier molecular flexibility index (Phi) is 4.32. The monoisotopic (exact) mass is 315 g/mol. The van der Waals surface area contributed by atoms with Crippen molar-refractivity contribution in [3.63, 3.8) is 0 Å².